The van der Waals surface area contributed by atoms with Crippen molar-refractivity contribution in [3.63, 3.8) is 0 Å². The van der Waals surface area contributed by atoms with E-state index in [-0.39, 0.29) is 16.8 Å². The van der Waals surface area contributed by atoms with Gasteiger partial charge >= 0.3 is 0 Å². The molecule has 1 aromatic carbocycles. The van der Waals surface area contributed by atoms with Crippen LogP contribution in [0.15, 0.2) is 41.3 Å². The number of sulfonamides is 1. The molecule has 0 fully saturated rings. The number of amides is 1. The monoisotopic (exact) mass is 338 g/mol. The molecule has 1 atom stereocenters. The Morgan fingerprint density at radius 1 is 1.23 bits per heavy atom. The standard InChI is InChI=1S/C15H18N2O3S2/c1-3-12-6-9-14(21-12)15(18)17-10(2)11-4-7-13(8-5-11)22(16,19)20/h4-10H,3H2,1-2H3,(H,17,18)(H2,16,19,20)/t10-/m0/s1. The van der Waals surface area contributed by atoms with Crippen LogP contribution in [0.3, 0.4) is 0 Å². The summed E-state index contributed by atoms with van der Waals surface area (Å²) in [5.74, 6) is -0.132. The average molecular weight is 338 g/mol. The minimum absolute atomic E-state index is 0.0561. The number of carbonyl (C=O) groups is 1. The van der Waals surface area contributed by atoms with E-state index < -0.39 is 10.0 Å². The Kier molecular flexibility index (Phi) is 5.00. The molecular weight excluding hydrogens is 320 g/mol. The van der Waals surface area contributed by atoms with Crippen LogP contribution in [-0.2, 0) is 16.4 Å². The highest BCUT2D eigenvalue weighted by atomic mass is 32.2. The molecule has 5 nitrogen and oxygen atoms in total. The van der Waals surface area contributed by atoms with Crippen LogP contribution in [0.1, 0.15) is 40.0 Å². The molecule has 1 amide bonds. The molecular formula is C15H18N2O3S2. The minimum atomic E-state index is -3.70. The Labute approximate surface area is 134 Å². The van der Waals surface area contributed by atoms with Gasteiger partial charge in [0.1, 0.15) is 0 Å². The van der Waals surface area contributed by atoms with Gasteiger partial charge in [-0.1, -0.05) is 19.1 Å². The highest BCUT2D eigenvalue weighted by Crippen LogP contribution is 2.19. The van der Waals surface area contributed by atoms with Crippen LogP contribution in [0.2, 0.25) is 0 Å². The van der Waals surface area contributed by atoms with Gasteiger partial charge < -0.3 is 5.32 Å². The largest absolute Gasteiger partial charge is 0.345 e. The van der Waals surface area contributed by atoms with Gasteiger partial charge in [-0.3, -0.25) is 4.79 Å². The summed E-state index contributed by atoms with van der Waals surface area (Å²) >= 11 is 1.48. The van der Waals surface area contributed by atoms with E-state index in [2.05, 4.69) is 5.32 Å². The minimum Gasteiger partial charge on any atom is -0.345 e. The molecule has 0 aliphatic heterocycles. The van der Waals surface area contributed by atoms with Crippen molar-refractivity contribution in [3.05, 3.63) is 51.7 Å². The number of nitrogens with two attached hydrogens (primary N) is 1. The Hall–Kier alpha value is -1.70. The van der Waals surface area contributed by atoms with E-state index in [1.807, 2.05) is 26.0 Å². The van der Waals surface area contributed by atoms with Crippen LogP contribution >= 0.6 is 11.3 Å². The average Bonchev–Trinajstić information content (AvgIpc) is 2.95. The number of nitrogens with one attached hydrogen (secondary N) is 1. The van der Waals surface area contributed by atoms with Crippen LogP contribution < -0.4 is 10.5 Å². The van der Waals surface area contributed by atoms with Crippen molar-refractivity contribution in [1.82, 2.24) is 5.32 Å². The van der Waals surface area contributed by atoms with Gasteiger partial charge in [-0.2, -0.15) is 0 Å². The lowest BCUT2D eigenvalue weighted by Gasteiger charge is -2.14. The number of primary sulfonamides is 1. The van der Waals surface area contributed by atoms with E-state index in [0.29, 0.717) is 4.88 Å². The van der Waals surface area contributed by atoms with Crippen LogP contribution in [0, 0.1) is 0 Å². The van der Waals surface area contributed by atoms with E-state index in [1.54, 1.807) is 12.1 Å². The zero-order valence-corrected chi connectivity index (χ0v) is 14.0. The Balaban J connectivity index is 2.08. The van der Waals surface area contributed by atoms with Crippen molar-refractivity contribution in [3.8, 4) is 0 Å². The highest BCUT2D eigenvalue weighted by molar-refractivity contribution is 7.89. The van der Waals surface area contributed by atoms with Crippen LogP contribution in [-0.4, -0.2) is 14.3 Å². The Morgan fingerprint density at radius 2 is 1.86 bits per heavy atom. The molecule has 2 aromatic rings. The second-order valence-corrected chi connectivity index (χ2v) is 7.66. The number of hydrogen-bond acceptors (Lipinski definition) is 4. The van der Waals surface area contributed by atoms with E-state index in [4.69, 9.17) is 5.14 Å². The zero-order chi connectivity index (χ0) is 16.3. The summed E-state index contributed by atoms with van der Waals surface area (Å²) in [4.78, 5) is 14.1. The lowest BCUT2D eigenvalue weighted by Crippen LogP contribution is -2.25. The molecule has 0 spiro atoms. The summed E-state index contributed by atoms with van der Waals surface area (Å²) in [6.45, 7) is 3.89. The molecule has 0 unspecified atom stereocenters. The van der Waals surface area contributed by atoms with Gasteiger partial charge in [0.25, 0.3) is 5.91 Å². The lowest BCUT2D eigenvalue weighted by molar-refractivity contribution is 0.0944. The predicted molar refractivity (Wildman–Crippen MR) is 87.4 cm³/mol. The summed E-state index contributed by atoms with van der Waals surface area (Å²) in [6, 6.07) is 9.71. The maximum atomic E-state index is 12.2. The van der Waals surface area contributed by atoms with Crippen molar-refractivity contribution in [2.75, 3.05) is 0 Å². The van der Waals surface area contributed by atoms with Crippen LogP contribution in [0.4, 0.5) is 0 Å². The number of thiophene rings is 1. The van der Waals surface area contributed by atoms with E-state index in [0.717, 1.165) is 16.9 Å². The SMILES string of the molecule is CCc1ccc(C(=O)N[C@@H](C)c2ccc(S(N)(=O)=O)cc2)s1. The summed E-state index contributed by atoms with van der Waals surface area (Å²) < 4.78 is 22.4. The molecule has 0 aliphatic carbocycles. The first-order chi connectivity index (χ1) is 10.3. The smallest absolute Gasteiger partial charge is 0.261 e. The highest BCUT2D eigenvalue weighted by Gasteiger charge is 2.14. The van der Waals surface area contributed by atoms with Crippen molar-refractivity contribution >= 4 is 27.3 Å². The van der Waals surface area contributed by atoms with Gasteiger partial charge in [0.15, 0.2) is 0 Å². The third-order valence-corrected chi connectivity index (χ3v) is 5.45. The van der Waals surface area contributed by atoms with Gasteiger partial charge in [0.05, 0.1) is 15.8 Å². The van der Waals surface area contributed by atoms with Crippen molar-refractivity contribution in [2.45, 2.75) is 31.2 Å². The van der Waals surface area contributed by atoms with E-state index >= 15 is 0 Å². The first-order valence-corrected chi connectivity index (χ1v) is 9.20. The van der Waals surface area contributed by atoms with Gasteiger partial charge in [-0.15, -0.1) is 11.3 Å². The van der Waals surface area contributed by atoms with Gasteiger partial charge in [-0.25, -0.2) is 13.6 Å². The quantitative estimate of drug-likeness (QED) is 0.877. The summed E-state index contributed by atoms with van der Waals surface area (Å²) in [6.07, 6.45) is 0.905. The molecule has 2 rings (SSSR count). The molecule has 118 valence electrons. The van der Waals surface area contributed by atoms with Crippen LogP contribution in [0.5, 0.6) is 0 Å². The summed E-state index contributed by atoms with van der Waals surface area (Å²) in [5, 5.41) is 7.96. The molecule has 1 heterocycles. The maximum Gasteiger partial charge on any atom is 0.261 e. The van der Waals surface area contributed by atoms with Crippen molar-refractivity contribution in [1.29, 1.82) is 0 Å². The number of hydrogen-bond donors (Lipinski definition) is 2. The molecule has 0 saturated heterocycles. The zero-order valence-electron chi connectivity index (χ0n) is 12.4. The van der Waals surface area contributed by atoms with Gasteiger partial charge in [-0.05, 0) is 43.2 Å². The predicted octanol–water partition coefficient (Wildman–Crippen LogP) is 2.45. The number of rotatable bonds is 5. The molecule has 1 aromatic heterocycles. The first-order valence-electron chi connectivity index (χ1n) is 6.83. The van der Waals surface area contributed by atoms with Crippen LogP contribution in [0.25, 0.3) is 0 Å². The van der Waals surface area contributed by atoms with Crippen molar-refractivity contribution < 1.29 is 13.2 Å². The molecule has 0 saturated carbocycles. The van der Waals surface area contributed by atoms with Gasteiger partial charge in [0.2, 0.25) is 10.0 Å². The van der Waals surface area contributed by atoms with E-state index in [9.17, 15) is 13.2 Å². The second-order valence-electron chi connectivity index (χ2n) is 4.93. The molecule has 7 heteroatoms. The fourth-order valence-corrected chi connectivity index (χ4v) is 3.35. The molecule has 0 bridgehead atoms. The second kappa shape index (κ2) is 6.60. The maximum absolute atomic E-state index is 12.2. The topological polar surface area (TPSA) is 89.3 Å². The lowest BCUT2D eigenvalue weighted by atomic mass is 10.1. The normalized spacial score (nSPS) is 12.9. The molecule has 0 aliphatic rings. The Bertz CT molecular complexity index is 764. The number of benzene rings is 1. The fourth-order valence-electron chi connectivity index (χ4n) is 1.99. The molecule has 0 radical (unpaired) electrons. The fraction of sp³-hybridized carbons (Fsp3) is 0.267. The molecule has 22 heavy (non-hydrogen) atoms. The first kappa shape index (κ1) is 16.7. The summed E-state index contributed by atoms with van der Waals surface area (Å²) in [5.41, 5.74) is 0.813. The summed E-state index contributed by atoms with van der Waals surface area (Å²) in [7, 11) is -3.70. The number of carbonyl (C=O) groups excluding carboxylic acids is 1. The molecule has 3 N–H and O–H groups in total. The van der Waals surface area contributed by atoms with Crippen molar-refractivity contribution in [2.24, 2.45) is 5.14 Å². The third kappa shape index (κ3) is 3.94. The van der Waals surface area contributed by atoms with E-state index in [1.165, 1.54) is 23.5 Å². The van der Waals surface area contributed by atoms with Gasteiger partial charge in [0, 0.05) is 4.88 Å². The third-order valence-electron chi connectivity index (χ3n) is 3.29. The Morgan fingerprint density at radius 3 is 2.36 bits per heavy atom. The number of aryl methyl sites for hydroxylation is 1.